The highest BCUT2D eigenvalue weighted by atomic mass is 32.2. The molecule has 1 saturated carbocycles. The molecule has 2 bridgehead atoms. The molecule has 3 atom stereocenters. The van der Waals surface area contributed by atoms with Crippen molar-refractivity contribution in [2.75, 3.05) is 24.2 Å². The van der Waals surface area contributed by atoms with Crippen LogP contribution in [0.2, 0.25) is 0 Å². The Morgan fingerprint density at radius 1 is 1.27 bits per heavy atom. The first-order chi connectivity index (χ1) is 14.5. The fourth-order valence-electron chi connectivity index (χ4n) is 4.97. The molecule has 0 aliphatic heterocycles. The standard InChI is InChI=1S/C23H29N3O3S/c1-3-9-26(10-11-30(28)29)23(27)22-21-17-8-7-16(13-17)20(21)19(14-24-22)25-18-6-4-5-15(2)12-18/h4-6,12,14,16-17,25H,3,7-11,13H2,1-2H3,(H,28,29). The van der Waals surface area contributed by atoms with Crippen molar-refractivity contribution in [2.24, 2.45) is 0 Å². The van der Waals surface area contributed by atoms with E-state index in [-0.39, 0.29) is 18.2 Å². The minimum Gasteiger partial charge on any atom is -0.354 e. The SMILES string of the molecule is CCCN(CCS(=O)O)C(=O)c1ncc(Nc2cccc(C)c2)c2c1C1CCC2C1. The Morgan fingerprint density at radius 2 is 2.03 bits per heavy atom. The monoisotopic (exact) mass is 427 g/mol. The number of pyridine rings is 1. The fourth-order valence-corrected chi connectivity index (χ4v) is 5.35. The van der Waals surface area contributed by atoms with Crippen LogP contribution < -0.4 is 5.32 Å². The first-order valence-electron chi connectivity index (χ1n) is 10.7. The quantitative estimate of drug-likeness (QED) is 0.603. The summed E-state index contributed by atoms with van der Waals surface area (Å²) in [5.41, 5.74) is 6.09. The van der Waals surface area contributed by atoms with Crippen molar-refractivity contribution in [1.29, 1.82) is 0 Å². The third-order valence-corrected chi connectivity index (χ3v) is 6.76. The van der Waals surface area contributed by atoms with Gasteiger partial charge in [-0.25, -0.2) is 9.19 Å². The zero-order valence-corrected chi connectivity index (χ0v) is 18.4. The molecule has 1 fully saturated rings. The predicted molar refractivity (Wildman–Crippen MR) is 120 cm³/mol. The highest BCUT2D eigenvalue weighted by Gasteiger charge is 2.42. The van der Waals surface area contributed by atoms with E-state index in [0.29, 0.717) is 24.1 Å². The van der Waals surface area contributed by atoms with Crippen LogP contribution in [0.15, 0.2) is 30.5 Å². The molecular formula is C23H29N3O3S. The minimum absolute atomic E-state index is 0.0625. The zero-order valence-electron chi connectivity index (χ0n) is 17.6. The van der Waals surface area contributed by atoms with Gasteiger partial charge in [0.1, 0.15) is 5.69 Å². The minimum atomic E-state index is -1.92. The van der Waals surface area contributed by atoms with Crippen molar-refractivity contribution in [3.63, 3.8) is 0 Å². The van der Waals surface area contributed by atoms with E-state index in [0.717, 1.165) is 42.6 Å². The van der Waals surface area contributed by atoms with Gasteiger partial charge >= 0.3 is 0 Å². The molecule has 1 aromatic carbocycles. The number of aromatic nitrogens is 1. The Bertz CT molecular complexity index is 978. The summed E-state index contributed by atoms with van der Waals surface area (Å²) < 4.78 is 20.3. The topological polar surface area (TPSA) is 82.5 Å². The van der Waals surface area contributed by atoms with Crippen LogP contribution in [0.4, 0.5) is 11.4 Å². The highest BCUT2D eigenvalue weighted by molar-refractivity contribution is 7.79. The van der Waals surface area contributed by atoms with Crippen molar-refractivity contribution in [3.8, 4) is 0 Å². The van der Waals surface area contributed by atoms with E-state index in [9.17, 15) is 9.00 Å². The molecule has 2 aromatic rings. The molecule has 0 radical (unpaired) electrons. The molecule has 4 rings (SSSR count). The van der Waals surface area contributed by atoms with Gasteiger partial charge in [-0.2, -0.15) is 0 Å². The van der Waals surface area contributed by atoms with E-state index in [1.165, 1.54) is 11.1 Å². The van der Waals surface area contributed by atoms with E-state index in [1.54, 1.807) is 11.1 Å². The van der Waals surface area contributed by atoms with Crippen LogP contribution in [0.5, 0.6) is 0 Å². The van der Waals surface area contributed by atoms with Crippen LogP contribution >= 0.6 is 0 Å². The number of hydrogen-bond acceptors (Lipinski definition) is 4. The normalized spacial score (nSPS) is 20.1. The van der Waals surface area contributed by atoms with Crippen molar-refractivity contribution in [3.05, 3.63) is 52.8 Å². The van der Waals surface area contributed by atoms with Crippen LogP contribution in [-0.2, 0) is 11.1 Å². The Morgan fingerprint density at radius 3 is 2.73 bits per heavy atom. The van der Waals surface area contributed by atoms with E-state index in [4.69, 9.17) is 4.55 Å². The second-order valence-corrected chi connectivity index (χ2v) is 9.42. The smallest absolute Gasteiger partial charge is 0.272 e. The van der Waals surface area contributed by atoms with Gasteiger partial charge in [0.2, 0.25) is 0 Å². The number of hydrogen-bond donors (Lipinski definition) is 2. The summed E-state index contributed by atoms with van der Waals surface area (Å²) in [4.78, 5) is 19.7. The fraction of sp³-hybridized carbons (Fsp3) is 0.478. The first-order valence-corrected chi connectivity index (χ1v) is 12.0. The molecule has 1 heterocycles. The summed E-state index contributed by atoms with van der Waals surface area (Å²) in [5.74, 6) is 0.795. The lowest BCUT2D eigenvalue weighted by atomic mass is 9.89. The molecule has 0 saturated heterocycles. The van der Waals surface area contributed by atoms with E-state index in [2.05, 4.69) is 29.4 Å². The number of nitrogens with zero attached hydrogens (tertiary/aromatic N) is 2. The molecule has 0 spiro atoms. The van der Waals surface area contributed by atoms with Crippen LogP contribution in [-0.4, -0.2) is 43.4 Å². The lowest BCUT2D eigenvalue weighted by Gasteiger charge is -2.26. The number of carbonyl (C=O) groups excluding carboxylic acids is 1. The molecule has 3 unspecified atom stereocenters. The maximum atomic E-state index is 13.4. The molecule has 1 aromatic heterocycles. The van der Waals surface area contributed by atoms with Crippen LogP contribution in [0.1, 0.15) is 71.6 Å². The van der Waals surface area contributed by atoms with Gasteiger partial charge in [-0.15, -0.1) is 0 Å². The van der Waals surface area contributed by atoms with Crippen molar-refractivity contribution in [1.82, 2.24) is 9.88 Å². The highest BCUT2D eigenvalue weighted by Crippen LogP contribution is 2.56. The average molecular weight is 428 g/mol. The molecule has 2 aliphatic carbocycles. The average Bonchev–Trinajstić information content (AvgIpc) is 3.33. The number of rotatable bonds is 8. The maximum absolute atomic E-state index is 13.4. The van der Waals surface area contributed by atoms with Crippen LogP contribution in [0, 0.1) is 6.92 Å². The zero-order chi connectivity index (χ0) is 21.3. The molecule has 7 heteroatoms. The third kappa shape index (κ3) is 4.14. The van der Waals surface area contributed by atoms with Crippen molar-refractivity contribution in [2.45, 2.75) is 51.4 Å². The van der Waals surface area contributed by atoms with E-state index < -0.39 is 11.1 Å². The maximum Gasteiger partial charge on any atom is 0.272 e. The molecule has 2 aliphatic rings. The lowest BCUT2D eigenvalue weighted by molar-refractivity contribution is 0.0758. The number of aryl methyl sites for hydroxylation is 1. The molecule has 6 nitrogen and oxygen atoms in total. The molecule has 30 heavy (non-hydrogen) atoms. The largest absolute Gasteiger partial charge is 0.354 e. The van der Waals surface area contributed by atoms with Gasteiger partial charge in [-0.3, -0.25) is 4.79 Å². The molecule has 1 amide bonds. The van der Waals surface area contributed by atoms with Crippen LogP contribution in [0.3, 0.4) is 0 Å². The first kappa shape index (κ1) is 21.0. The summed E-state index contributed by atoms with van der Waals surface area (Å²) in [5, 5.41) is 3.53. The van der Waals surface area contributed by atoms with Crippen molar-refractivity contribution < 1.29 is 13.6 Å². The summed E-state index contributed by atoms with van der Waals surface area (Å²) in [6.45, 7) is 4.90. The second kappa shape index (κ2) is 8.86. The number of fused-ring (bicyclic) bond motifs is 5. The van der Waals surface area contributed by atoms with Gasteiger partial charge in [0.15, 0.2) is 11.1 Å². The number of nitrogens with one attached hydrogen (secondary N) is 1. The Hall–Kier alpha value is -2.25. The number of amides is 1. The number of anilines is 2. The summed E-state index contributed by atoms with van der Waals surface area (Å²) >= 11 is -1.92. The molecule has 160 valence electrons. The number of benzene rings is 1. The van der Waals surface area contributed by atoms with Gasteiger partial charge in [0.25, 0.3) is 5.91 Å². The van der Waals surface area contributed by atoms with Gasteiger partial charge in [-0.05, 0) is 73.3 Å². The van der Waals surface area contributed by atoms with Crippen LogP contribution in [0.25, 0.3) is 0 Å². The summed E-state index contributed by atoms with van der Waals surface area (Å²) in [6, 6.07) is 8.25. The number of carbonyl (C=O) groups is 1. The molecule has 2 N–H and O–H groups in total. The predicted octanol–water partition coefficient (Wildman–Crippen LogP) is 4.57. The molecular weight excluding hydrogens is 398 g/mol. The second-order valence-electron chi connectivity index (χ2n) is 8.37. The Kier molecular flexibility index (Phi) is 6.20. The van der Waals surface area contributed by atoms with Gasteiger partial charge in [0.05, 0.1) is 17.6 Å². The lowest BCUT2D eigenvalue weighted by Crippen LogP contribution is -2.36. The third-order valence-electron chi connectivity index (χ3n) is 6.22. The van der Waals surface area contributed by atoms with Crippen molar-refractivity contribution >= 4 is 28.4 Å². The van der Waals surface area contributed by atoms with Gasteiger partial charge in [-0.1, -0.05) is 19.1 Å². The summed E-state index contributed by atoms with van der Waals surface area (Å²) in [7, 11) is 0. The van der Waals surface area contributed by atoms with E-state index >= 15 is 0 Å². The summed E-state index contributed by atoms with van der Waals surface area (Å²) in [6.07, 6.45) is 5.93. The van der Waals surface area contributed by atoms with Gasteiger partial charge in [0, 0.05) is 18.8 Å². The Labute approximate surface area is 180 Å². The Balaban J connectivity index is 1.68. The van der Waals surface area contributed by atoms with E-state index in [1.807, 2.05) is 19.1 Å². The van der Waals surface area contributed by atoms with Gasteiger partial charge < -0.3 is 14.8 Å².